The molecule has 0 aliphatic carbocycles. The van der Waals surface area contributed by atoms with Gasteiger partial charge in [0.2, 0.25) is 5.96 Å². The molecule has 0 saturated heterocycles. The number of fused-ring (bicyclic) bond motifs is 1. The first kappa shape index (κ1) is 20.4. The number of carbonyl (C=O) groups excluding carboxylic acids is 1. The smallest absolute Gasteiger partial charge is 0.258 e. The van der Waals surface area contributed by atoms with Crippen molar-refractivity contribution in [2.24, 2.45) is 4.99 Å². The lowest BCUT2D eigenvalue weighted by Crippen LogP contribution is -2.36. The number of H-pyrrole nitrogens is 1. The summed E-state index contributed by atoms with van der Waals surface area (Å²) in [5, 5.41) is 7.42. The predicted molar refractivity (Wildman–Crippen MR) is 128 cm³/mol. The van der Waals surface area contributed by atoms with Crippen LogP contribution in [-0.4, -0.2) is 23.4 Å². The molecule has 0 bridgehead atoms. The van der Waals surface area contributed by atoms with Crippen molar-refractivity contribution in [3.05, 3.63) is 101 Å². The fourth-order valence-electron chi connectivity index (χ4n) is 3.60. The lowest BCUT2D eigenvalue weighted by molar-refractivity contribution is 0.0976. The summed E-state index contributed by atoms with van der Waals surface area (Å²) in [5.41, 5.74) is 5.91. The van der Waals surface area contributed by atoms with Crippen LogP contribution in [0.1, 0.15) is 27.0 Å². The summed E-state index contributed by atoms with van der Waals surface area (Å²) in [6.45, 7) is 4.51. The normalized spacial score (nSPS) is 11.5. The van der Waals surface area contributed by atoms with E-state index in [0.717, 1.165) is 28.8 Å². The number of anilines is 1. The highest BCUT2D eigenvalue weighted by Crippen LogP contribution is 2.18. The van der Waals surface area contributed by atoms with Crippen LogP contribution < -0.4 is 10.6 Å². The molecular weight excluding hydrogens is 384 g/mol. The van der Waals surface area contributed by atoms with E-state index < -0.39 is 0 Å². The molecule has 1 aromatic heterocycles. The van der Waals surface area contributed by atoms with Crippen LogP contribution in [0.3, 0.4) is 0 Å². The van der Waals surface area contributed by atoms with Gasteiger partial charge in [-0.15, -0.1) is 0 Å². The first-order chi connectivity index (χ1) is 15.1. The lowest BCUT2D eigenvalue weighted by Gasteiger charge is -2.13. The zero-order chi connectivity index (χ0) is 21.6. The molecule has 0 aliphatic rings. The van der Waals surface area contributed by atoms with Gasteiger partial charge in [-0.1, -0.05) is 48.5 Å². The molecule has 0 spiro atoms. The molecule has 3 aromatic carbocycles. The Bertz CT molecular complexity index is 1240. The maximum absolute atomic E-state index is 12.9. The van der Waals surface area contributed by atoms with Gasteiger partial charge in [0.25, 0.3) is 5.91 Å². The number of guanidine groups is 1. The highest BCUT2D eigenvalue weighted by molar-refractivity contribution is 6.10. The summed E-state index contributed by atoms with van der Waals surface area (Å²) in [6.07, 6.45) is 2.79. The van der Waals surface area contributed by atoms with Gasteiger partial charge in [-0.3, -0.25) is 15.1 Å². The molecule has 4 rings (SSSR count). The van der Waals surface area contributed by atoms with Crippen molar-refractivity contribution in [2.75, 3.05) is 11.9 Å². The highest BCUT2D eigenvalue weighted by atomic mass is 16.1. The summed E-state index contributed by atoms with van der Waals surface area (Å²) in [6, 6.07) is 23.8. The minimum absolute atomic E-state index is 0.177. The zero-order valence-corrected chi connectivity index (χ0v) is 17.8. The second kappa shape index (κ2) is 9.30. The van der Waals surface area contributed by atoms with Gasteiger partial charge >= 0.3 is 0 Å². The molecule has 0 saturated carbocycles. The average Bonchev–Trinajstić information content (AvgIpc) is 3.17. The number of benzene rings is 3. The topological polar surface area (TPSA) is 69.3 Å². The zero-order valence-electron chi connectivity index (χ0n) is 17.8. The van der Waals surface area contributed by atoms with E-state index in [-0.39, 0.29) is 5.91 Å². The van der Waals surface area contributed by atoms with E-state index in [2.05, 4.69) is 32.7 Å². The third-order valence-electron chi connectivity index (χ3n) is 5.23. The van der Waals surface area contributed by atoms with E-state index in [1.54, 1.807) is 0 Å². The number of aliphatic imine (C=N–C) groups is 1. The van der Waals surface area contributed by atoms with E-state index in [4.69, 9.17) is 0 Å². The SMILES string of the molecule is Cc1cccc(NC(=NCCc2c[nH]c3ccccc23)NC(=O)c2ccccc2C)c1. The number of amides is 1. The number of para-hydroxylation sites is 1. The Balaban J connectivity index is 1.53. The molecule has 0 fully saturated rings. The molecule has 1 amide bonds. The van der Waals surface area contributed by atoms with E-state index >= 15 is 0 Å². The van der Waals surface area contributed by atoms with Crippen LogP contribution in [-0.2, 0) is 6.42 Å². The Morgan fingerprint density at radius 2 is 1.77 bits per heavy atom. The van der Waals surface area contributed by atoms with E-state index in [9.17, 15) is 4.79 Å². The third kappa shape index (κ3) is 5.01. The number of nitrogens with one attached hydrogen (secondary N) is 3. The number of aromatic amines is 1. The fourth-order valence-corrected chi connectivity index (χ4v) is 3.60. The van der Waals surface area contributed by atoms with Gasteiger partial charge in [0.15, 0.2) is 0 Å². The van der Waals surface area contributed by atoms with Crippen LogP contribution in [0.4, 0.5) is 5.69 Å². The van der Waals surface area contributed by atoms with Crippen molar-refractivity contribution < 1.29 is 4.79 Å². The Hall–Kier alpha value is -3.86. The minimum atomic E-state index is -0.177. The summed E-state index contributed by atoms with van der Waals surface area (Å²) in [7, 11) is 0. The number of hydrogen-bond acceptors (Lipinski definition) is 2. The van der Waals surface area contributed by atoms with Gasteiger partial charge in [-0.2, -0.15) is 0 Å². The summed E-state index contributed by atoms with van der Waals surface area (Å²) >= 11 is 0. The van der Waals surface area contributed by atoms with E-state index in [1.165, 1.54) is 10.9 Å². The Morgan fingerprint density at radius 1 is 0.968 bits per heavy atom. The van der Waals surface area contributed by atoms with Crippen LogP contribution in [0, 0.1) is 13.8 Å². The van der Waals surface area contributed by atoms with Crippen LogP contribution in [0.25, 0.3) is 10.9 Å². The Kier molecular flexibility index (Phi) is 6.13. The number of hydrogen-bond donors (Lipinski definition) is 3. The lowest BCUT2D eigenvalue weighted by atomic mass is 10.1. The van der Waals surface area contributed by atoms with E-state index in [0.29, 0.717) is 18.1 Å². The fraction of sp³-hybridized carbons (Fsp3) is 0.154. The first-order valence-electron chi connectivity index (χ1n) is 10.4. The maximum atomic E-state index is 12.9. The van der Waals surface area contributed by atoms with Gasteiger partial charge in [0, 0.05) is 34.9 Å². The predicted octanol–water partition coefficient (Wildman–Crippen LogP) is 5.23. The van der Waals surface area contributed by atoms with Crippen molar-refractivity contribution in [3.63, 3.8) is 0 Å². The molecule has 0 radical (unpaired) electrons. The molecule has 0 aliphatic heterocycles. The van der Waals surface area contributed by atoms with Crippen LogP contribution in [0.5, 0.6) is 0 Å². The number of nitrogens with zero attached hydrogens (tertiary/aromatic N) is 1. The van der Waals surface area contributed by atoms with Crippen LogP contribution in [0.2, 0.25) is 0 Å². The van der Waals surface area contributed by atoms with Crippen LogP contribution >= 0.6 is 0 Å². The quantitative estimate of drug-likeness (QED) is 0.312. The number of aromatic nitrogens is 1. The summed E-state index contributed by atoms with van der Waals surface area (Å²) in [5.74, 6) is 0.266. The van der Waals surface area contributed by atoms with Crippen molar-refractivity contribution >= 4 is 28.5 Å². The van der Waals surface area contributed by atoms with Gasteiger partial charge in [-0.25, -0.2) is 0 Å². The van der Waals surface area contributed by atoms with Gasteiger partial charge in [0.05, 0.1) is 0 Å². The Morgan fingerprint density at radius 3 is 2.61 bits per heavy atom. The van der Waals surface area contributed by atoms with Crippen molar-refractivity contribution in [1.82, 2.24) is 10.3 Å². The largest absolute Gasteiger partial charge is 0.361 e. The van der Waals surface area contributed by atoms with Crippen molar-refractivity contribution in [2.45, 2.75) is 20.3 Å². The number of aryl methyl sites for hydroxylation is 2. The number of carbonyl (C=O) groups is 1. The second-order valence-corrected chi connectivity index (χ2v) is 7.60. The first-order valence-corrected chi connectivity index (χ1v) is 10.4. The summed E-state index contributed by atoms with van der Waals surface area (Å²) in [4.78, 5) is 20.8. The minimum Gasteiger partial charge on any atom is -0.361 e. The van der Waals surface area contributed by atoms with Gasteiger partial charge in [0.1, 0.15) is 0 Å². The van der Waals surface area contributed by atoms with Gasteiger partial charge in [-0.05, 0) is 61.2 Å². The molecule has 4 aromatic rings. The third-order valence-corrected chi connectivity index (χ3v) is 5.23. The summed E-state index contributed by atoms with van der Waals surface area (Å²) < 4.78 is 0. The highest BCUT2D eigenvalue weighted by Gasteiger charge is 2.12. The molecule has 156 valence electrons. The second-order valence-electron chi connectivity index (χ2n) is 7.60. The monoisotopic (exact) mass is 410 g/mol. The molecule has 5 nitrogen and oxygen atoms in total. The van der Waals surface area contributed by atoms with Crippen molar-refractivity contribution in [3.8, 4) is 0 Å². The molecule has 3 N–H and O–H groups in total. The molecule has 1 heterocycles. The van der Waals surface area contributed by atoms with E-state index in [1.807, 2.05) is 80.7 Å². The van der Waals surface area contributed by atoms with Crippen LogP contribution in [0.15, 0.2) is 84.0 Å². The Labute approximate surface area is 182 Å². The maximum Gasteiger partial charge on any atom is 0.258 e. The molecule has 5 heteroatoms. The average molecular weight is 411 g/mol. The van der Waals surface area contributed by atoms with Crippen molar-refractivity contribution in [1.29, 1.82) is 0 Å². The molecule has 0 unspecified atom stereocenters. The molecule has 0 atom stereocenters. The molecule has 31 heavy (non-hydrogen) atoms. The standard InChI is InChI=1S/C26H26N4O/c1-18-8-7-10-21(16-18)29-26(30-25(31)22-11-4-3-9-19(22)2)27-15-14-20-17-28-24-13-6-5-12-23(20)24/h3-13,16-17,28H,14-15H2,1-2H3,(H2,27,29,30,31). The molecular formula is C26H26N4O. The van der Waals surface area contributed by atoms with Gasteiger partial charge < -0.3 is 10.3 Å². The number of rotatable bonds is 5.